The first-order valence-corrected chi connectivity index (χ1v) is 9.16. The van der Waals surface area contributed by atoms with Crippen LogP contribution in [0.2, 0.25) is 5.02 Å². The lowest BCUT2D eigenvalue weighted by Crippen LogP contribution is -2.53. The molecule has 128 valence electrons. The van der Waals surface area contributed by atoms with Gasteiger partial charge in [0.05, 0.1) is 5.02 Å². The Morgan fingerprint density at radius 3 is 2.67 bits per heavy atom. The topological polar surface area (TPSA) is 68.3 Å². The normalized spacial score (nSPS) is 29.6. The van der Waals surface area contributed by atoms with E-state index in [0.717, 1.165) is 36.6 Å². The number of amides is 1. The second kappa shape index (κ2) is 6.08. The van der Waals surface area contributed by atoms with Crippen LogP contribution in [0.25, 0.3) is 11.0 Å². The third-order valence-electron chi connectivity index (χ3n) is 5.80. The van der Waals surface area contributed by atoms with Crippen LogP contribution in [0.5, 0.6) is 0 Å². The highest BCUT2D eigenvalue weighted by Crippen LogP contribution is 2.40. The minimum atomic E-state index is -0.128. The molecule has 2 saturated carbocycles. The second-order valence-electron chi connectivity index (χ2n) is 7.35. The summed E-state index contributed by atoms with van der Waals surface area (Å²) in [4.78, 5) is 12.8. The second-order valence-corrected chi connectivity index (χ2v) is 7.76. The minimum Gasteiger partial charge on any atom is -0.449 e. The molecule has 2 unspecified atom stereocenters. The van der Waals surface area contributed by atoms with Gasteiger partial charge in [-0.2, -0.15) is 0 Å². The largest absolute Gasteiger partial charge is 0.449 e. The molecule has 4 rings (SSSR count). The molecule has 2 aromatic rings. The van der Waals surface area contributed by atoms with Crippen LogP contribution in [0.1, 0.15) is 48.2 Å². The van der Waals surface area contributed by atoms with Gasteiger partial charge in [0.15, 0.2) is 11.3 Å². The van der Waals surface area contributed by atoms with Crippen LogP contribution in [0.3, 0.4) is 0 Å². The van der Waals surface area contributed by atoms with Crippen molar-refractivity contribution in [2.75, 3.05) is 0 Å². The minimum absolute atomic E-state index is 0.128. The fourth-order valence-electron chi connectivity index (χ4n) is 4.67. The van der Waals surface area contributed by atoms with Crippen molar-refractivity contribution in [3.63, 3.8) is 0 Å². The molecule has 0 saturated heterocycles. The third kappa shape index (κ3) is 2.62. The lowest BCUT2D eigenvalue weighted by atomic mass is 9.67. The van der Waals surface area contributed by atoms with Gasteiger partial charge in [-0.25, -0.2) is 0 Å². The van der Waals surface area contributed by atoms with Gasteiger partial charge in [0.2, 0.25) is 0 Å². The first-order valence-electron chi connectivity index (χ1n) is 8.78. The van der Waals surface area contributed by atoms with Gasteiger partial charge in [0.25, 0.3) is 5.91 Å². The molecule has 5 heteroatoms. The number of para-hydroxylation sites is 1. The molecule has 1 aromatic carbocycles. The smallest absolute Gasteiger partial charge is 0.287 e. The van der Waals surface area contributed by atoms with Crippen LogP contribution in [0.15, 0.2) is 22.6 Å². The SMILES string of the molecule is Cc1c(C(=O)NC2C3CCCC2CC(N)C3)oc2c(Cl)cccc12. The lowest BCUT2D eigenvalue weighted by Gasteiger charge is -2.45. The highest BCUT2D eigenvalue weighted by atomic mass is 35.5. The van der Waals surface area contributed by atoms with E-state index in [-0.39, 0.29) is 18.0 Å². The standard InChI is InChI=1S/C19H23ClN2O2/c1-10-14-6-3-7-15(20)18(14)24-17(10)19(23)22-16-11-4-2-5-12(16)9-13(21)8-11/h3,6-7,11-13,16H,2,4-5,8-9,21H2,1H3,(H,22,23). The number of halogens is 1. The Morgan fingerprint density at radius 1 is 1.29 bits per heavy atom. The molecule has 2 aliphatic carbocycles. The molecule has 2 bridgehead atoms. The Labute approximate surface area is 146 Å². The molecule has 0 spiro atoms. The zero-order chi connectivity index (χ0) is 16.8. The summed E-state index contributed by atoms with van der Waals surface area (Å²) in [5.41, 5.74) is 7.62. The first kappa shape index (κ1) is 16.0. The molecular formula is C19H23ClN2O2. The average Bonchev–Trinajstić information content (AvgIpc) is 2.87. The molecule has 0 radical (unpaired) electrons. The van der Waals surface area contributed by atoms with Crippen LogP contribution < -0.4 is 11.1 Å². The van der Waals surface area contributed by atoms with Gasteiger partial charge >= 0.3 is 0 Å². The van der Waals surface area contributed by atoms with Gasteiger partial charge in [-0.15, -0.1) is 0 Å². The number of hydrogen-bond donors (Lipinski definition) is 2. The van der Waals surface area contributed by atoms with Gasteiger partial charge in [0.1, 0.15) is 0 Å². The summed E-state index contributed by atoms with van der Waals surface area (Å²) >= 11 is 6.19. The molecule has 2 aliphatic rings. The number of fused-ring (bicyclic) bond motifs is 3. The molecule has 4 nitrogen and oxygen atoms in total. The number of hydrogen-bond acceptors (Lipinski definition) is 3. The summed E-state index contributed by atoms with van der Waals surface area (Å²) < 4.78 is 5.81. The average molecular weight is 347 g/mol. The van der Waals surface area contributed by atoms with Crippen LogP contribution in [-0.2, 0) is 0 Å². The number of carbonyl (C=O) groups excluding carboxylic acids is 1. The number of carbonyl (C=O) groups is 1. The number of aryl methyl sites for hydroxylation is 1. The quantitative estimate of drug-likeness (QED) is 0.862. The summed E-state index contributed by atoms with van der Waals surface area (Å²) in [6, 6.07) is 6.09. The highest BCUT2D eigenvalue weighted by Gasteiger charge is 2.40. The van der Waals surface area contributed by atoms with Crippen molar-refractivity contribution in [3.05, 3.63) is 34.5 Å². The number of nitrogens with two attached hydrogens (primary N) is 1. The third-order valence-corrected chi connectivity index (χ3v) is 6.09. The van der Waals surface area contributed by atoms with Gasteiger partial charge in [0, 0.05) is 23.0 Å². The van der Waals surface area contributed by atoms with Crippen molar-refractivity contribution in [3.8, 4) is 0 Å². The van der Waals surface area contributed by atoms with Gasteiger partial charge in [-0.05, 0) is 50.5 Å². The van der Waals surface area contributed by atoms with Crippen molar-refractivity contribution in [2.24, 2.45) is 17.6 Å². The van der Waals surface area contributed by atoms with Gasteiger partial charge < -0.3 is 15.5 Å². The van der Waals surface area contributed by atoms with E-state index in [1.165, 1.54) is 6.42 Å². The number of furan rings is 1. The number of nitrogens with one attached hydrogen (secondary N) is 1. The maximum atomic E-state index is 12.8. The van der Waals surface area contributed by atoms with E-state index >= 15 is 0 Å². The Hall–Kier alpha value is -1.52. The molecule has 24 heavy (non-hydrogen) atoms. The fraction of sp³-hybridized carbons (Fsp3) is 0.526. The first-order chi connectivity index (χ1) is 11.5. The summed E-state index contributed by atoms with van der Waals surface area (Å²) in [5.74, 6) is 1.23. The summed E-state index contributed by atoms with van der Waals surface area (Å²) in [5, 5.41) is 4.69. The van der Waals surface area contributed by atoms with Crippen molar-refractivity contribution in [2.45, 2.75) is 51.1 Å². The predicted molar refractivity (Wildman–Crippen MR) is 95.3 cm³/mol. The van der Waals surface area contributed by atoms with Crippen molar-refractivity contribution in [1.82, 2.24) is 5.32 Å². The van der Waals surface area contributed by atoms with E-state index in [1.807, 2.05) is 19.1 Å². The Balaban J connectivity index is 1.61. The molecule has 1 heterocycles. The van der Waals surface area contributed by atoms with Crippen LogP contribution in [0, 0.1) is 18.8 Å². The predicted octanol–water partition coefficient (Wildman–Crippen LogP) is 4.03. The van der Waals surface area contributed by atoms with E-state index in [2.05, 4.69) is 5.32 Å². The summed E-state index contributed by atoms with van der Waals surface area (Å²) in [6.07, 6.45) is 5.56. The van der Waals surface area contributed by atoms with Crippen LogP contribution in [-0.4, -0.2) is 18.0 Å². The Kier molecular flexibility index (Phi) is 4.05. The Bertz CT molecular complexity index is 771. The van der Waals surface area contributed by atoms with Gasteiger partial charge in [-0.1, -0.05) is 30.2 Å². The number of rotatable bonds is 2. The van der Waals surface area contributed by atoms with E-state index in [1.54, 1.807) is 6.07 Å². The molecule has 0 aliphatic heterocycles. The zero-order valence-electron chi connectivity index (χ0n) is 13.8. The molecule has 2 atom stereocenters. The van der Waals surface area contributed by atoms with E-state index in [9.17, 15) is 4.79 Å². The monoisotopic (exact) mass is 346 g/mol. The zero-order valence-corrected chi connectivity index (χ0v) is 14.6. The van der Waals surface area contributed by atoms with Crippen molar-refractivity contribution in [1.29, 1.82) is 0 Å². The molecule has 3 N–H and O–H groups in total. The molecule has 1 aromatic heterocycles. The van der Waals surface area contributed by atoms with Crippen LogP contribution in [0.4, 0.5) is 0 Å². The maximum absolute atomic E-state index is 12.8. The fourth-order valence-corrected chi connectivity index (χ4v) is 4.88. The highest BCUT2D eigenvalue weighted by molar-refractivity contribution is 6.35. The number of benzene rings is 1. The Morgan fingerprint density at radius 2 is 2.00 bits per heavy atom. The van der Waals surface area contributed by atoms with Crippen molar-refractivity contribution < 1.29 is 9.21 Å². The van der Waals surface area contributed by atoms with E-state index < -0.39 is 0 Å². The van der Waals surface area contributed by atoms with Gasteiger partial charge in [-0.3, -0.25) is 4.79 Å². The summed E-state index contributed by atoms with van der Waals surface area (Å²) in [7, 11) is 0. The molecule has 2 fully saturated rings. The van der Waals surface area contributed by atoms with E-state index in [4.69, 9.17) is 21.8 Å². The lowest BCUT2D eigenvalue weighted by molar-refractivity contribution is 0.0733. The molecule has 1 amide bonds. The molecular weight excluding hydrogens is 324 g/mol. The maximum Gasteiger partial charge on any atom is 0.287 e. The summed E-state index contributed by atoms with van der Waals surface area (Å²) in [6.45, 7) is 1.91. The van der Waals surface area contributed by atoms with Crippen LogP contribution >= 0.6 is 11.6 Å². The van der Waals surface area contributed by atoms with Crippen molar-refractivity contribution >= 4 is 28.5 Å². The van der Waals surface area contributed by atoms with E-state index in [0.29, 0.717) is 28.2 Å².